The molecule has 136 valence electrons. The van der Waals surface area contributed by atoms with Crippen LogP contribution >= 0.6 is 0 Å². The van der Waals surface area contributed by atoms with Crippen molar-refractivity contribution in [3.8, 4) is 0 Å². The van der Waals surface area contributed by atoms with E-state index in [1.165, 1.54) is 0 Å². The molecule has 1 saturated carbocycles. The van der Waals surface area contributed by atoms with Crippen LogP contribution in [0.15, 0.2) is 29.3 Å². The average Bonchev–Trinajstić information content (AvgIpc) is 3.26. The van der Waals surface area contributed by atoms with Gasteiger partial charge in [0.2, 0.25) is 5.89 Å². The number of aromatic nitrogens is 5. The molecule has 1 atom stereocenters. The molecule has 4 heterocycles. The summed E-state index contributed by atoms with van der Waals surface area (Å²) in [5.74, 6) is 1.82. The summed E-state index contributed by atoms with van der Waals surface area (Å²) < 4.78 is 7.41. The van der Waals surface area contributed by atoms with Crippen molar-refractivity contribution in [3.05, 3.63) is 42.2 Å². The lowest BCUT2D eigenvalue weighted by molar-refractivity contribution is -0.0377. The molecule has 0 amide bonds. The van der Waals surface area contributed by atoms with Gasteiger partial charge < -0.3 is 9.63 Å². The average molecular weight is 354 g/mol. The van der Waals surface area contributed by atoms with Gasteiger partial charge in [0.15, 0.2) is 11.5 Å². The number of rotatable bonds is 5. The highest BCUT2D eigenvalue weighted by molar-refractivity contribution is 5.36. The van der Waals surface area contributed by atoms with Crippen molar-refractivity contribution in [2.24, 2.45) is 0 Å². The Hall–Kier alpha value is -2.32. The molecule has 0 radical (unpaired) electrons. The molecule has 8 heteroatoms. The summed E-state index contributed by atoms with van der Waals surface area (Å²) in [5.41, 5.74) is 1.11. The number of likely N-dealkylation sites (tertiary alicyclic amines) is 1. The first kappa shape index (κ1) is 15.9. The highest BCUT2D eigenvalue weighted by Gasteiger charge is 2.36. The van der Waals surface area contributed by atoms with Crippen molar-refractivity contribution in [1.82, 2.24) is 29.4 Å². The normalized spacial score (nSPS) is 24.3. The first-order chi connectivity index (χ1) is 12.7. The van der Waals surface area contributed by atoms with E-state index in [2.05, 4.69) is 25.0 Å². The number of fused-ring (bicyclic) bond motifs is 1. The van der Waals surface area contributed by atoms with E-state index in [0.29, 0.717) is 24.8 Å². The van der Waals surface area contributed by atoms with Crippen molar-refractivity contribution >= 4 is 5.65 Å². The zero-order valence-corrected chi connectivity index (χ0v) is 14.6. The van der Waals surface area contributed by atoms with Crippen LogP contribution in [-0.2, 0) is 13.0 Å². The van der Waals surface area contributed by atoms with Gasteiger partial charge in [0, 0.05) is 31.4 Å². The SMILES string of the molecule is OC1(Cc2nc(C3CC3)no2)CCCN(Cc2cnc3cnccn23)C1. The van der Waals surface area contributed by atoms with Gasteiger partial charge in [-0.1, -0.05) is 5.16 Å². The van der Waals surface area contributed by atoms with E-state index in [9.17, 15) is 5.11 Å². The van der Waals surface area contributed by atoms with Crippen molar-refractivity contribution in [3.63, 3.8) is 0 Å². The lowest BCUT2D eigenvalue weighted by Gasteiger charge is -2.38. The third-order valence-corrected chi connectivity index (χ3v) is 5.32. The quantitative estimate of drug-likeness (QED) is 0.743. The molecule has 3 aromatic rings. The smallest absolute Gasteiger partial charge is 0.229 e. The molecule has 2 aliphatic rings. The minimum atomic E-state index is -0.826. The first-order valence-corrected chi connectivity index (χ1v) is 9.22. The van der Waals surface area contributed by atoms with E-state index in [0.717, 1.165) is 55.9 Å². The lowest BCUT2D eigenvalue weighted by Crippen LogP contribution is -2.49. The Morgan fingerprint density at radius 2 is 2.23 bits per heavy atom. The van der Waals surface area contributed by atoms with E-state index in [-0.39, 0.29) is 0 Å². The minimum absolute atomic E-state index is 0.417. The zero-order valence-electron chi connectivity index (χ0n) is 14.6. The Balaban J connectivity index is 1.28. The van der Waals surface area contributed by atoms with Gasteiger partial charge in [-0.15, -0.1) is 0 Å². The molecule has 3 aromatic heterocycles. The van der Waals surface area contributed by atoms with Crippen molar-refractivity contribution in [1.29, 1.82) is 0 Å². The zero-order chi connectivity index (χ0) is 17.6. The molecule has 26 heavy (non-hydrogen) atoms. The van der Waals surface area contributed by atoms with Gasteiger partial charge in [0.1, 0.15) is 0 Å². The standard InChI is InChI=1S/C18H22N6O2/c25-18(8-16-21-17(22-26-16)13-2-3-13)4-1-6-23(12-18)11-14-9-20-15-10-19-5-7-24(14)15/h5,7,9-10,13,25H,1-4,6,8,11-12H2. The molecule has 8 nitrogen and oxygen atoms in total. The second-order valence-electron chi connectivity index (χ2n) is 7.59. The lowest BCUT2D eigenvalue weighted by atomic mass is 9.89. The number of hydrogen-bond acceptors (Lipinski definition) is 7. The van der Waals surface area contributed by atoms with Crippen LogP contribution in [0.1, 0.15) is 49.0 Å². The van der Waals surface area contributed by atoms with Gasteiger partial charge >= 0.3 is 0 Å². The van der Waals surface area contributed by atoms with E-state index in [1.54, 1.807) is 12.4 Å². The molecule has 5 rings (SSSR count). The monoisotopic (exact) mass is 354 g/mol. The molecule has 1 N–H and O–H groups in total. The molecule has 0 aromatic carbocycles. The highest BCUT2D eigenvalue weighted by Crippen LogP contribution is 2.38. The molecule has 0 spiro atoms. The van der Waals surface area contributed by atoms with Gasteiger partial charge in [-0.2, -0.15) is 4.98 Å². The van der Waals surface area contributed by atoms with E-state index < -0.39 is 5.60 Å². The summed E-state index contributed by atoms with van der Waals surface area (Å²) in [6.45, 7) is 2.29. The Labute approximate surface area is 150 Å². The minimum Gasteiger partial charge on any atom is -0.388 e. The summed E-state index contributed by atoms with van der Waals surface area (Å²) in [5, 5.41) is 15.2. The predicted molar refractivity (Wildman–Crippen MR) is 92.4 cm³/mol. The number of aliphatic hydroxyl groups is 1. The molecular formula is C18H22N6O2. The van der Waals surface area contributed by atoms with E-state index in [1.807, 2.05) is 16.8 Å². The molecule has 1 aliphatic carbocycles. The number of nitrogens with zero attached hydrogens (tertiary/aromatic N) is 6. The van der Waals surface area contributed by atoms with Crippen LogP contribution < -0.4 is 0 Å². The summed E-state index contributed by atoms with van der Waals surface area (Å²) in [6, 6.07) is 0. The van der Waals surface area contributed by atoms with Gasteiger partial charge in [0.25, 0.3) is 0 Å². The summed E-state index contributed by atoms with van der Waals surface area (Å²) >= 11 is 0. The van der Waals surface area contributed by atoms with Crippen molar-refractivity contribution in [2.45, 2.75) is 50.2 Å². The molecular weight excluding hydrogens is 332 g/mol. The summed E-state index contributed by atoms with van der Waals surface area (Å²) in [6.07, 6.45) is 11.7. The van der Waals surface area contributed by atoms with Crippen molar-refractivity contribution < 1.29 is 9.63 Å². The molecule has 0 bridgehead atoms. The fourth-order valence-electron chi connectivity index (χ4n) is 3.85. The van der Waals surface area contributed by atoms with Crippen LogP contribution in [0, 0.1) is 0 Å². The predicted octanol–water partition coefficient (Wildman–Crippen LogP) is 1.56. The number of hydrogen-bond donors (Lipinski definition) is 1. The Kier molecular flexibility index (Phi) is 3.75. The summed E-state index contributed by atoms with van der Waals surface area (Å²) in [4.78, 5) is 15.2. The number of piperidine rings is 1. The third kappa shape index (κ3) is 3.10. The molecule has 1 aliphatic heterocycles. The maximum absolute atomic E-state index is 11.1. The molecule has 2 fully saturated rings. The van der Waals surface area contributed by atoms with Crippen LogP contribution in [0.5, 0.6) is 0 Å². The maximum Gasteiger partial charge on any atom is 0.229 e. The Bertz CT molecular complexity index is 917. The Morgan fingerprint density at radius 3 is 3.12 bits per heavy atom. The van der Waals surface area contributed by atoms with Gasteiger partial charge in [-0.25, -0.2) is 4.98 Å². The fourth-order valence-corrected chi connectivity index (χ4v) is 3.85. The number of β-amino-alcohol motifs (C(OH)–C–C–N with tert-alkyl or cyclic N) is 1. The molecule has 1 unspecified atom stereocenters. The second-order valence-corrected chi connectivity index (χ2v) is 7.59. The topological polar surface area (TPSA) is 92.6 Å². The van der Waals surface area contributed by atoms with Crippen LogP contribution in [0.3, 0.4) is 0 Å². The highest BCUT2D eigenvalue weighted by atomic mass is 16.5. The third-order valence-electron chi connectivity index (χ3n) is 5.32. The first-order valence-electron chi connectivity index (χ1n) is 9.22. The molecule has 1 saturated heterocycles. The second kappa shape index (κ2) is 6.14. The van der Waals surface area contributed by atoms with Gasteiger partial charge in [-0.3, -0.25) is 14.3 Å². The Morgan fingerprint density at radius 1 is 1.31 bits per heavy atom. The number of imidazole rings is 1. The van der Waals surface area contributed by atoms with Crippen LogP contribution in [-0.4, -0.2) is 53.2 Å². The fraction of sp³-hybridized carbons (Fsp3) is 0.556. The van der Waals surface area contributed by atoms with Crippen LogP contribution in [0.2, 0.25) is 0 Å². The maximum atomic E-state index is 11.1. The van der Waals surface area contributed by atoms with Crippen LogP contribution in [0.4, 0.5) is 0 Å². The van der Waals surface area contributed by atoms with Gasteiger partial charge in [0.05, 0.1) is 30.1 Å². The van der Waals surface area contributed by atoms with Gasteiger partial charge in [-0.05, 0) is 32.2 Å². The summed E-state index contributed by atoms with van der Waals surface area (Å²) in [7, 11) is 0. The van der Waals surface area contributed by atoms with Crippen molar-refractivity contribution in [2.75, 3.05) is 13.1 Å². The van der Waals surface area contributed by atoms with Crippen LogP contribution in [0.25, 0.3) is 5.65 Å². The largest absolute Gasteiger partial charge is 0.388 e. The van der Waals surface area contributed by atoms with E-state index in [4.69, 9.17) is 4.52 Å². The van der Waals surface area contributed by atoms with E-state index >= 15 is 0 Å².